The van der Waals surface area contributed by atoms with Crippen molar-refractivity contribution in [1.29, 1.82) is 0 Å². The van der Waals surface area contributed by atoms with Crippen molar-refractivity contribution < 1.29 is 4.39 Å². The Morgan fingerprint density at radius 1 is 1.06 bits per heavy atom. The summed E-state index contributed by atoms with van der Waals surface area (Å²) in [5.41, 5.74) is 3.98. The molecule has 2 aromatic rings. The minimum Gasteiger partial charge on any atom is -0.379 e. The number of hydrogen-bond acceptors (Lipinski definition) is 1. The predicted molar refractivity (Wildman–Crippen MR) is 74.7 cm³/mol. The molecule has 0 saturated carbocycles. The molecule has 3 heteroatoms. The van der Waals surface area contributed by atoms with E-state index in [9.17, 15) is 4.39 Å². The van der Waals surface area contributed by atoms with Crippen LogP contribution in [0, 0.1) is 19.7 Å². The second-order valence-corrected chi connectivity index (χ2v) is 4.91. The average Bonchev–Trinajstić information content (AvgIpc) is 2.29. The van der Waals surface area contributed by atoms with Crippen LogP contribution >= 0.6 is 11.6 Å². The van der Waals surface area contributed by atoms with Crippen LogP contribution in [0.15, 0.2) is 36.4 Å². The van der Waals surface area contributed by atoms with E-state index in [2.05, 4.69) is 37.4 Å². The van der Waals surface area contributed by atoms with Gasteiger partial charge in [-0.3, -0.25) is 0 Å². The molecule has 1 nitrogen and oxygen atoms in total. The Morgan fingerprint density at radius 3 is 2.39 bits per heavy atom. The van der Waals surface area contributed by atoms with Crippen LogP contribution < -0.4 is 5.32 Å². The summed E-state index contributed by atoms with van der Waals surface area (Å²) in [6.07, 6.45) is 0. The monoisotopic (exact) mass is 263 g/mol. The van der Waals surface area contributed by atoms with E-state index in [1.54, 1.807) is 12.1 Å². The van der Waals surface area contributed by atoms with Crippen LogP contribution in [0.2, 0.25) is 5.02 Å². The zero-order chi connectivity index (χ0) is 13.1. The first kappa shape index (κ1) is 12.9. The zero-order valence-corrected chi connectivity index (χ0v) is 11.2. The highest BCUT2D eigenvalue weighted by molar-refractivity contribution is 6.30. The maximum absolute atomic E-state index is 13.5. The summed E-state index contributed by atoms with van der Waals surface area (Å²) in [5.74, 6) is -0.288. The molecule has 0 bridgehead atoms. The van der Waals surface area contributed by atoms with E-state index in [0.29, 0.717) is 17.3 Å². The Labute approximate surface area is 112 Å². The maximum Gasteiger partial charge on any atom is 0.146 e. The van der Waals surface area contributed by atoms with Gasteiger partial charge in [-0.05, 0) is 37.6 Å². The van der Waals surface area contributed by atoms with Gasteiger partial charge in [-0.25, -0.2) is 4.39 Å². The lowest BCUT2D eigenvalue weighted by Gasteiger charge is -2.09. The highest BCUT2D eigenvalue weighted by Crippen LogP contribution is 2.20. The third-order valence-electron chi connectivity index (χ3n) is 2.69. The van der Waals surface area contributed by atoms with Crippen LogP contribution in [0.3, 0.4) is 0 Å². The van der Waals surface area contributed by atoms with Crippen molar-refractivity contribution in [2.45, 2.75) is 20.4 Å². The molecule has 0 unspecified atom stereocenters. The van der Waals surface area contributed by atoms with Gasteiger partial charge in [0.25, 0.3) is 0 Å². The third-order valence-corrected chi connectivity index (χ3v) is 2.93. The van der Waals surface area contributed by atoms with E-state index in [-0.39, 0.29) is 5.82 Å². The van der Waals surface area contributed by atoms with Crippen molar-refractivity contribution >= 4 is 17.3 Å². The molecule has 0 fully saturated rings. The molecule has 0 aliphatic rings. The van der Waals surface area contributed by atoms with Crippen LogP contribution in [0.4, 0.5) is 10.1 Å². The lowest BCUT2D eigenvalue weighted by molar-refractivity contribution is 0.630. The van der Waals surface area contributed by atoms with E-state index in [0.717, 1.165) is 5.56 Å². The quantitative estimate of drug-likeness (QED) is 0.846. The van der Waals surface area contributed by atoms with Crippen molar-refractivity contribution in [2.24, 2.45) is 0 Å². The van der Waals surface area contributed by atoms with Gasteiger partial charge in [-0.2, -0.15) is 0 Å². The lowest BCUT2D eigenvalue weighted by atomic mass is 10.1. The predicted octanol–water partition coefficient (Wildman–Crippen LogP) is 4.71. The minimum absolute atomic E-state index is 0.288. The molecule has 94 valence electrons. The molecule has 1 N–H and O–H groups in total. The van der Waals surface area contributed by atoms with E-state index in [4.69, 9.17) is 11.6 Å². The van der Waals surface area contributed by atoms with Gasteiger partial charge in [0.2, 0.25) is 0 Å². The molecule has 0 heterocycles. The lowest BCUT2D eigenvalue weighted by Crippen LogP contribution is -2.02. The Kier molecular flexibility index (Phi) is 3.87. The number of anilines is 1. The largest absolute Gasteiger partial charge is 0.379 e. The summed E-state index contributed by atoms with van der Waals surface area (Å²) in [4.78, 5) is 0. The Bertz CT molecular complexity index is 546. The fourth-order valence-electron chi connectivity index (χ4n) is 2.00. The highest BCUT2D eigenvalue weighted by atomic mass is 35.5. The molecule has 0 amide bonds. The number of benzene rings is 2. The summed E-state index contributed by atoms with van der Waals surface area (Å²) in [6.45, 7) is 4.69. The van der Waals surface area contributed by atoms with Crippen LogP contribution in [-0.2, 0) is 6.54 Å². The van der Waals surface area contributed by atoms with Gasteiger partial charge in [-0.1, -0.05) is 40.9 Å². The van der Waals surface area contributed by atoms with Crippen molar-refractivity contribution in [3.05, 3.63) is 63.9 Å². The van der Waals surface area contributed by atoms with Gasteiger partial charge in [0.1, 0.15) is 5.82 Å². The fourth-order valence-corrected chi connectivity index (χ4v) is 2.17. The minimum atomic E-state index is -0.288. The van der Waals surface area contributed by atoms with Crippen molar-refractivity contribution in [3.8, 4) is 0 Å². The molecule has 18 heavy (non-hydrogen) atoms. The second kappa shape index (κ2) is 5.40. The normalized spacial score (nSPS) is 10.4. The standard InChI is InChI=1S/C15H15ClFN/c1-10-5-11(2)7-12(6-10)9-18-15-8-13(16)3-4-14(15)17/h3-8,18H,9H2,1-2H3. The van der Waals surface area contributed by atoms with Crippen molar-refractivity contribution in [2.75, 3.05) is 5.32 Å². The number of aryl methyl sites for hydroxylation is 2. The van der Waals surface area contributed by atoms with Gasteiger partial charge < -0.3 is 5.32 Å². The van der Waals surface area contributed by atoms with Crippen molar-refractivity contribution in [1.82, 2.24) is 0 Å². The smallest absolute Gasteiger partial charge is 0.146 e. The molecule has 0 aliphatic carbocycles. The van der Waals surface area contributed by atoms with Crippen LogP contribution in [0.1, 0.15) is 16.7 Å². The number of rotatable bonds is 3. The molecule has 0 radical (unpaired) electrons. The summed E-state index contributed by atoms with van der Waals surface area (Å²) in [7, 11) is 0. The number of nitrogens with one attached hydrogen (secondary N) is 1. The third kappa shape index (κ3) is 3.23. The molecule has 0 atom stereocenters. The van der Waals surface area contributed by atoms with Gasteiger partial charge >= 0.3 is 0 Å². The Morgan fingerprint density at radius 2 is 1.72 bits per heavy atom. The topological polar surface area (TPSA) is 12.0 Å². The summed E-state index contributed by atoms with van der Waals surface area (Å²) < 4.78 is 13.5. The molecule has 0 saturated heterocycles. The molecule has 2 aromatic carbocycles. The number of hydrogen-bond donors (Lipinski definition) is 1. The van der Waals surface area contributed by atoms with Crippen LogP contribution in [0.25, 0.3) is 0 Å². The number of halogens is 2. The van der Waals surface area contributed by atoms with Gasteiger partial charge in [-0.15, -0.1) is 0 Å². The maximum atomic E-state index is 13.5. The van der Waals surface area contributed by atoms with E-state index >= 15 is 0 Å². The van der Waals surface area contributed by atoms with Crippen LogP contribution in [-0.4, -0.2) is 0 Å². The van der Waals surface area contributed by atoms with Crippen molar-refractivity contribution in [3.63, 3.8) is 0 Å². The molecular formula is C15H15ClFN. The average molecular weight is 264 g/mol. The first-order valence-electron chi connectivity index (χ1n) is 5.81. The molecular weight excluding hydrogens is 249 g/mol. The van der Waals surface area contributed by atoms with Gasteiger partial charge in [0.15, 0.2) is 0 Å². The van der Waals surface area contributed by atoms with E-state index in [1.807, 2.05) is 0 Å². The van der Waals surface area contributed by atoms with Crippen LogP contribution in [0.5, 0.6) is 0 Å². The van der Waals surface area contributed by atoms with E-state index in [1.165, 1.54) is 17.2 Å². The summed E-state index contributed by atoms with van der Waals surface area (Å²) in [5, 5.41) is 3.59. The molecule has 0 aromatic heterocycles. The fraction of sp³-hybridized carbons (Fsp3) is 0.200. The van der Waals surface area contributed by atoms with Gasteiger partial charge in [0, 0.05) is 11.6 Å². The first-order chi connectivity index (χ1) is 8.54. The van der Waals surface area contributed by atoms with Gasteiger partial charge in [0.05, 0.1) is 5.69 Å². The van der Waals surface area contributed by atoms with E-state index < -0.39 is 0 Å². The highest BCUT2D eigenvalue weighted by Gasteiger charge is 2.03. The SMILES string of the molecule is Cc1cc(C)cc(CNc2cc(Cl)ccc2F)c1. The first-order valence-corrected chi connectivity index (χ1v) is 6.18. The summed E-state index contributed by atoms with van der Waals surface area (Å²) >= 11 is 5.84. The molecule has 2 rings (SSSR count). The molecule has 0 aliphatic heterocycles. The Balaban J connectivity index is 2.13. The Hall–Kier alpha value is -1.54. The second-order valence-electron chi connectivity index (χ2n) is 4.47. The summed E-state index contributed by atoms with van der Waals surface area (Å²) in [6, 6.07) is 10.8. The molecule has 0 spiro atoms. The zero-order valence-electron chi connectivity index (χ0n) is 10.4.